The van der Waals surface area contributed by atoms with E-state index in [1.165, 1.54) is 19.0 Å². The molecule has 9 heteroatoms. The Balaban J connectivity index is 1.38. The van der Waals surface area contributed by atoms with Crippen LogP contribution in [0.2, 0.25) is 0 Å². The standard InChI is InChI=1S/C18H26N6O3/c1-21-8-9-23-15(12-21)17(26)24(11-13-2-3-13)18(23)4-6-22(7-5-18)16(25)14-10-19-27-20-14/h10,13,15H,2-9,11-12H2,1H3/t15-/m1/s1. The van der Waals surface area contributed by atoms with E-state index in [1.54, 1.807) is 0 Å². The molecule has 1 saturated carbocycles. The first-order valence-corrected chi connectivity index (χ1v) is 9.92. The van der Waals surface area contributed by atoms with Crippen LogP contribution in [0, 0.1) is 5.92 Å². The lowest BCUT2D eigenvalue weighted by Gasteiger charge is -2.50. The Hall–Kier alpha value is -2.00. The number of amides is 2. The van der Waals surface area contributed by atoms with Crippen LogP contribution in [0.5, 0.6) is 0 Å². The van der Waals surface area contributed by atoms with Gasteiger partial charge in [-0.2, -0.15) is 0 Å². The van der Waals surface area contributed by atoms with Crippen LogP contribution in [0.4, 0.5) is 0 Å². The van der Waals surface area contributed by atoms with Crippen molar-refractivity contribution in [2.24, 2.45) is 5.92 Å². The lowest BCUT2D eigenvalue weighted by atomic mass is 9.93. The van der Waals surface area contributed by atoms with Crippen molar-refractivity contribution in [3.63, 3.8) is 0 Å². The molecule has 1 aliphatic carbocycles. The van der Waals surface area contributed by atoms with Crippen molar-refractivity contribution in [3.8, 4) is 0 Å². The van der Waals surface area contributed by atoms with Crippen LogP contribution in [0.3, 0.4) is 0 Å². The van der Waals surface area contributed by atoms with Crippen molar-refractivity contribution >= 4 is 11.8 Å². The van der Waals surface area contributed by atoms with E-state index in [0.29, 0.717) is 19.0 Å². The van der Waals surface area contributed by atoms with Gasteiger partial charge in [0, 0.05) is 52.1 Å². The predicted molar refractivity (Wildman–Crippen MR) is 94.6 cm³/mol. The number of carbonyl (C=O) groups is 2. The molecular formula is C18H26N6O3. The van der Waals surface area contributed by atoms with E-state index in [4.69, 9.17) is 0 Å². The zero-order valence-electron chi connectivity index (χ0n) is 15.7. The van der Waals surface area contributed by atoms with Crippen molar-refractivity contribution in [1.82, 2.24) is 29.9 Å². The second-order valence-corrected chi connectivity index (χ2v) is 8.43. The number of piperidine rings is 1. The molecule has 0 unspecified atom stereocenters. The van der Waals surface area contributed by atoms with Gasteiger partial charge in [0.15, 0.2) is 5.69 Å². The number of aromatic nitrogens is 2. The lowest BCUT2D eigenvalue weighted by molar-refractivity contribution is -0.134. The van der Waals surface area contributed by atoms with E-state index in [-0.39, 0.29) is 29.2 Å². The van der Waals surface area contributed by atoms with Gasteiger partial charge in [0.1, 0.15) is 17.9 Å². The Bertz CT molecular complexity index is 725. The average Bonchev–Trinajstić information content (AvgIpc) is 3.28. The molecular weight excluding hydrogens is 348 g/mol. The average molecular weight is 374 g/mol. The Labute approximate surface area is 158 Å². The molecule has 5 rings (SSSR count). The third-order valence-electron chi connectivity index (χ3n) is 6.74. The number of fused-ring (bicyclic) bond motifs is 2. The van der Waals surface area contributed by atoms with E-state index >= 15 is 0 Å². The minimum absolute atomic E-state index is 0.0375. The Kier molecular flexibility index (Phi) is 3.98. The highest BCUT2D eigenvalue weighted by Crippen LogP contribution is 2.44. The molecule has 1 aromatic rings. The van der Waals surface area contributed by atoms with Crippen LogP contribution in [-0.2, 0) is 4.79 Å². The van der Waals surface area contributed by atoms with Crippen LogP contribution in [0.15, 0.2) is 10.8 Å². The second-order valence-electron chi connectivity index (χ2n) is 8.43. The molecule has 0 N–H and O–H groups in total. The minimum atomic E-state index is -0.232. The van der Waals surface area contributed by atoms with Gasteiger partial charge in [-0.15, -0.1) is 0 Å². The van der Waals surface area contributed by atoms with E-state index in [1.807, 2.05) is 4.90 Å². The first-order chi connectivity index (χ1) is 13.1. The molecule has 1 aromatic heterocycles. The molecule has 4 aliphatic rings. The second kappa shape index (κ2) is 6.27. The topological polar surface area (TPSA) is 86.0 Å². The number of nitrogens with zero attached hydrogens (tertiary/aromatic N) is 6. The summed E-state index contributed by atoms with van der Waals surface area (Å²) in [4.78, 5) is 34.5. The van der Waals surface area contributed by atoms with Crippen LogP contribution in [0.25, 0.3) is 0 Å². The normalized spacial score (nSPS) is 28.8. The largest absolute Gasteiger partial charge is 0.337 e. The molecule has 3 aliphatic heterocycles. The number of hydrogen-bond donors (Lipinski definition) is 0. The van der Waals surface area contributed by atoms with Crippen molar-refractivity contribution in [3.05, 3.63) is 11.9 Å². The van der Waals surface area contributed by atoms with Gasteiger partial charge >= 0.3 is 0 Å². The number of piperazine rings is 1. The number of hydrogen-bond acceptors (Lipinski definition) is 7. The molecule has 3 saturated heterocycles. The van der Waals surface area contributed by atoms with Crippen LogP contribution in [-0.4, -0.2) is 99.7 Å². The molecule has 0 aromatic carbocycles. The van der Waals surface area contributed by atoms with Gasteiger partial charge in [0.2, 0.25) is 5.91 Å². The van der Waals surface area contributed by atoms with Gasteiger partial charge in [-0.05, 0) is 31.0 Å². The minimum Gasteiger partial charge on any atom is -0.337 e. The smallest absolute Gasteiger partial charge is 0.277 e. The molecule has 9 nitrogen and oxygen atoms in total. The number of carbonyl (C=O) groups excluding carboxylic acids is 2. The van der Waals surface area contributed by atoms with Gasteiger partial charge in [-0.3, -0.25) is 14.5 Å². The third kappa shape index (κ3) is 2.75. The fourth-order valence-corrected chi connectivity index (χ4v) is 5.03. The van der Waals surface area contributed by atoms with Crippen LogP contribution >= 0.6 is 0 Å². The number of likely N-dealkylation sites (tertiary alicyclic amines) is 1. The molecule has 4 heterocycles. The zero-order chi connectivity index (χ0) is 18.6. The maximum atomic E-state index is 13.3. The lowest BCUT2D eigenvalue weighted by Crippen LogP contribution is -2.63. The van der Waals surface area contributed by atoms with Gasteiger partial charge in [-0.1, -0.05) is 5.16 Å². The molecule has 2 amide bonds. The van der Waals surface area contributed by atoms with Crippen molar-refractivity contribution < 1.29 is 14.2 Å². The quantitative estimate of drug-likeness (QED) is 0.728. The van der Waals surface area contributed by atoms with Gasteiger partial charge in [0.25, 0.3) is 5.91 Å². The highest BCUT2D eigenvalue weighted by molar-refractivity contribution is 5.92. The molecule has 1 atom stereocenters. The van der Waals surface area contributed by atoms with Gasteiger partial charge < -0.3 is 14.7 Å². The fourth-order valence-electron chi connectivity index (χ4n) is 5.03. The summed E-state index contributed by atoms with van der Waals surface area (Å²) in [7, 11) is 2.09. The summed E-state index contributed by atoms with van der Waals surface area (Å²) < 4.78 is 4.57. The summed E-state index contributed by atoms with van der Waals surface area (Å²) in [6, 6.07) is -0.0375. The predicted octanol–water partition coefficient (Wildman–Crippen LogP) is -0.130. The Morgan fingerprint density at radius 2 is 2.04 bits per heavy atom. The molecule has 27 heavy (non-hydrogen) atoms. The number of rotatable bonds is 3. The monoisotopic (exact) mass is 374 g/mol. The first kappa shape index (κ1) is 17.1. The zero-order valence-corrected chi connectivity index (χ0v) is 15.7. The van der Waals surface area contributed by atoms with E-state index in [0.717, 1.165) is 39.0 Å². The maximum absolute atomic E-state index is 13.3. The fraction of sp³-hybridized carbons (Fsp3) is 0.778. The molecule has 1 spiro atoms. The van der Waals surface area contributed by atoms with Gasteiger partial charge in [-0.25, -0.2) is 4.63 Å². The highest BCUT2D eigenvalue weighted by Gasteiger charge is 2.59. The number of likely N-dealkylation sites (N-methyl/N-ethyl adjacent to an activating group) is 1. The SMILES string of the molecule is CN1CCN2[C@H](C1)C(=O)N(CC1CC1)C21CCN(C(=O)c2cnon2)CC1. The summed E-state index contributed by atoms with van der Waals surface area (Å²) in [5.41, 5.74) is 0.0190. The van der Waals surface area contributed by atoms with Crippen LogP contribution < -0.4 is 0 Å². The Morgan fingerprint density at radius 1 is 1.26 bits per heavy atom. The molecule has 4 fully saturated rings. The summed E-state index contributed by atoms with van der Waals surface area (Å²) in [6.07, 6.45) is 5.41. The molecule has 0 radical (unpaired) electrons. The first-order valence-electron chi connectivity index (χ1n) is 9.92. The van der Waals surface area contributed by atoms with Crippen molar-refractivity contribution in [1.29, 1.82) is 0 Å². The summed E-state index contributed by atoms with van der Waals surface area (Å²) in [5, 5.41) is 7.20. The van der Waals surface area contributed by atoms with Crippen LogP contribution in [0.1, 0.15) is 36.2 Å². The summed E-state index contributed by atoms with van der Waals surface area (Å²) >= 11 is 0. The van der Waals surface area contributed by atoms with E-state index < -0.39 is 0 Å². The summed E-state index contributed by atoms with van der Waals surface area (Å²) in [6.45, 7) is 4.81. The van der Waals surface area contributed by atoms with Gasteiger partial charge in [0.05, 0.1) is 0 Å². The van der Waals surface area contributed by atoms with E-state index in [2.05, 4.69) is 36.7 Å². The Morgan fingerprint density at radius 3 is 2.70 bits per heavy atom. The van der Waals surface area contributed by atoms with Crippen molar-refractivity contribution in [2.75, 3.05) is 46.3 Å². The molecule has 0 bridgehead atoms. The van der Waals surface area contributed by atoms with Crippen molar-refractivity contribution in [2.45, 2.75) is 37.4 Å². The summed E-state index contributed by atoms with van der Waals surface area (Å²) in [5.74, 6) is 0.804. The molecule has 146 valence electrons. The maximum Gasteiger partial charge on any atom is 0.277 e. The van der Waals surface area contributed by atoms with E-state index in [9.17, 15) is 9.59 Å². The highest BCUT2D eigenvalue weighted by atomic mass is 16.6. The third-order valence-corrected chi connectivity index (χ3v) is 6.74.